The van der Waals surface area contributed by atoms with Crippen molar-refractivity contribution in [2.75, 3.05) is 18.5 Å². The van der Waals surface area contributed by atoms with Gasteiger partial charge in [-0.15, -0.1) is 11.3 Å². The van der Waals surface area contributed by atoms with Gasteiger partial charge in [0.2, 0.25) is 5.91 Å². The van der Waals surface area contributed by atoms with Gasteiger partial charge in [0.1, 0.15) is 18.5 Å². The lowest BCUT2D eigenvalue weighted by Gasteiger charge is -2.23. The number of aryl methyl sites for hydroxylation is 1. The first-order valence-corrected chi connectivity index (χ1v) is 11.6. The summed E-state index contributed by atoms with van der Waals surface area (Å²) in [6.07, 6.45) is 2.12. The summed E-state index contributed by atoms with van der Waals surface area (Å²) in [5, 5.41) is 23.8. The van der Waals surface area contributed by atoms with E-state index in [9.17, 15) is 9.90 Å². The van der Waals surface area contributed by atoms with Crippen molar-refractivity contribution in [3.63, 3.8) is 0 Å². The number of carbonyl (C=O) groups is 1. The largest absolute Gasteiger partial charge is 0.491 e. The van der Waals surface area contributed by atoms with E-state index in [4.69, 9.17) is 9.84 Å². The van der Waals surface area contributed by atoms with Gasteiger partial charge in [0, 0.05) is 22.9 Å². The molecule has 2 heterocycles. The monoisotopic (exact) mass is 447 g/mol. The smallest absolute Gasteiger partial charge is 0.232 e. The molecule has 0 fully saturated rings. The number of anilines is 1. The number of aliphatic hydroxyl groups is 2. The molecule has 6 heteroatoms. The number of aliphatic hydroxyl groups excluding tert-OH is 2. The molecule has 5 rings (SSSR count). The Morgan fingerprint density at radius 2 is 1.97 bits per heavy atom. The van der Waals surface area contributed by atoms with Gasteiger partial charge in [-0.3, -0.25) is 4.79 Å². The third kappa shape index (κ3) is 3.75. The van der Waals surface area contributed by atoms with Crippen molar-refractivity contribution < 1.29 is 19.7 Å². The number of hydrogen-bond acceptors (Lipinski definition) is 5. The van der Waals surface area contributed by atoms with Crippen molar-refractivity contribution in [2.24, 2.45) is 0 Å². The minimum absolute atomic E-state index is 0.00357. The molecule has 1 amide bonds. The van der Waals surface area contributed by atoms with Crippen LogP contribution >= 0.6 is 11.3 Å². The van der Waals surface area contributed by atoms with Crippen molar-refractivity contribution >= 4 is 29.0 Å². The molecule has 2 aliphatic rings. The summed E-state index contributed by atoms with van der Waals surface area (Å²) in [6, 6.07) is 15.9. The van der Waals surface area contributed by atoms with Gasteiger partial charge in [0.05, 0.1) is 12.5 Å². The van der Waals surface area contributed by atoms with Crippen LogP contribution in [0.5, 0.6) is 5.75 Å². The third-order valence-corrected chi connectivity index (χ3v) is 7.31. The van der Waals surface area contributed by atoms with Crippen LogP contribution in [0.4, 0.5) is 5.69 Å². The van der Waals surface area contributed by atoms with Gasteiger partial charge in [-0.2, -0.15) is 0 Å². The number of nitrogens with one attached hydrogen (secondary N) is 1. The number of hydrogen-bond donors (Lipinski definition) is 3. The highest BCUT2D eigenvalue weighted by Gasteiger charge is 2.42. The second kappa shape index (κ2) is 8.54. The third-order valence-electron chi connectivity index (χ3n) is 6.29. The highest BCUT2D eigenvalue weighted by atomic mass is 32.1. The van der Waals surface area contributed by atoms with E-state index in [2.05, 4.69) is 41.9 Å². The summed E-state index contributed by atoms with van der Waals surface area (Å²) in [4.78, 5) is 14.5. The fourth-order valence-electron chi connectivity index (χ4n) is 4.67. The molecule has 0 saturated carbocycles. The van der Waals surface area contributed by atoms with Crippen molar-refractivity contribution in [1.82, 2.24) is 0 Å². The standard InChI is InChI=1S/C26H25NO4S/c1-15-8-9-32-23(15)11-17-10-16-4-2-3-5-20(16)24(17)25-21-12-19(31-14-18(29)13-28)6-7-22(21)27-26(25)30/h2-10,12,18,24-25,28-29H,11,13-14H2,1H3,(H,27,30). The Balaban J connectivity index is 1.52. The van der Waals surface area contributed by atoms with E-state index in [-0.39, 0.29) is 31.0 Å². The molecule has 3 aromatic rings. The first kappa shape index (κ1) is 20.9. The molecule has 0 spiro atoms. The minimum atomic E-state index is -0.941. The summed E-state index contributed by atoms with van der Waals surface area (Å²) >= 11 is 1.75. The molecule has 1 aliphatic carbocycles. The lowest BCUT2D eigenvalue weighted by molar-refractivity contribution is -0.117. The van der Waals surface area contributed by atoms with Crippen LogP contribution in [-0.4, -0.2) is 35.4 Å². The number of amides is 1. The van der Waals surface area contributed by atoms with Gasteiger partial charge in [-0.05, 0) is 58.8 Å². The Bertz CT molecular complexity index is 1200. The van der Waals surface area contributed by atoms with Gasteiger partial charge >= 0.3 is 0 Å². The summed E-state index contributed by atoms with van der Waals surface area (Å²) in [6.45, 7) is 1.77. The average Bonchev–Trinajstić information content (AvgIpc) is 3.46. The summed E-state index contributed by atoms with van der Waals surface area (Å²) in [5.41, 5.74) is 6.56. The summed E-state index contributed by atoms with van der Waals surface area (Å²) in [5.74, 6) is 0.158. The molecule has 164 valence electrons. The van der Waals surface area contributed by atoms with Gasteiger partial charge in [0.15, 0.2) is 0 Å². The van der Waals surface area contributed by atoms with Crippen LogP contribution in [-0.2, 0) is 11.2 Å². The number of fused-ring (bicyclic) bond motifs is 2. The number of carbonyl (C=O) groups excluding carboxylic acids is 1. The van der Waals surface area contributed by atoms with E-state index in [1.807, 2.05) is 24.3 Å². The molecular formula is C26H25NO4S. The lowest BCUT2D eigenvalue weighted by atomic mass is 9.78. The Kier molecular flexibility index (Phi) is 5.59. The topological polar surface area (TPSA) is 78.8 Å². The van der Waals surface area contributed by atoms with Crippen LogP contribution in [0.15, 0.2) is 59.5 Å². The quantitative estimate of drug-likeness (QED) is 0.506. The average molecular weight is 448 g/mol. The second-order valence-electron chi connectivity index (χ2n) is 8.39. The Labute approximate surface area is 191 Å². The Hall–Kier alpha value is -2.93. The molecular weight excluding hydrogens is 422 g/mol. The van der Waals surface area contributed by atoms with Crippen LogP contribution in [0.25, 0.3) is 6.08 Å². The van der Waals surface area contributed by atoms with Crippen LogP contribution in [0.3, 0.4) is 0 Å². The predicted molar refractivity (Wildman–Crippen MR) is 126 cm³/mol. The molecule has 0 radical (unpaired) electrons. The molecule has 0 bridgehead atoms. The maximum absolute atomic E-state index is 13.2. The summed E-state index contributed by atoms with van der Waals surface area (Å²) < 4.78 is 5.67. The number of thiophene rings is 1. The van der Waals surface area contributed by atoms with Crippen molar-refractivity contribution in [2.45, 2.75) is 31.3 Å². The number of allylic oxidation sites excluding steroid dienone is 1. The van der Waals surface area contributed by atoms with E-state index in [0.29, 0.717) is 5.75 Å². The first-order chi connectivity index (χ1) is 15.5. The van der Waals surface area contributed by atoms with E-state index in [1.54, 1.807) is 17.4 Å². The van der Waals surface area contributed by atoms with Crippen LogP contribution in [0, 0.1) is 6.92 Å². The number of ether oxygens (including phenoxy) is 1. The maximum Gasteiger partial charge on any atom is 0.232 e. The van der Waals surface area contributed by atoms with Gasteiger partial charge in [-0.25, -0.2) is 0 Å². The molecule has 3 N–H and O–H groups in total. The van der Waals surface area contributed by atoms with E-state index in [0.717, 1.165) is 17.7 Å². The van der Waals surface area contributed by atoms with Crippen molar-refractivity contribution in [3.05, 3.63) is 86.6 Å². The van der Waals surface area contributed by atoms with Crippen LogP contribution < -0.4 is 10.1 Å². The van der Waals surface area contributed by atoms with Gasteiger partial charge < -0.3 is 20.3 Å². The molecule has 32 heavy (non-hydrogen) atoms. The fraction of sp³-hybridized carbons (Fsp3) is 0.269. The predicted octanol–water partition coefficient (Wildman–Crippen LogP) is 4.25. The molecule has 3 unspecified atom stereocenters. The normalized spacial score (nSPS) is 19.8. The zero-order valence-electron chi connectivity index (χ0n) is 17.7. The molecule has 2 aromatic carbocycles. The maximum atomic E-state index is 13.2. The zero-order chi connectivity index (χ0) is 22.2. The summed E-state index contributed by atoms with van der Waals surface area (Å²) in [7, 11) is 0. The molecule has 5 nitrogen and oxygen atoms in total. The highest BCUT2D eigenvalue weighted by molar-refractivity contribution is 7.10. The molecule has 0 saturated heterocycles. The van der Waals surface area contributed by atoms with E-state index >= 15 is 0 Å². The lowest BCUT2D eigenvalue weighted by Crippen LogP contribution is -2.21. The minimum Gasteiger partial charge on any atom is -0.491 e. The fourth-order valence-corrected chi connectivity index (χ4v) is 5.61. The van der Waals surface area contributed by atoms with Crippen molar-refractivity contribution in [3.8, 4) is 5.75 Å². The Morgan fingerprint density at radius 1 is 1.12 bits per heavy atom. The van der Waals surface area contributed by atoms with Gasteiger partial charge in [-0.1, -0.05) is 35.9 Å². The second-order valence-corrected chi connectivity index (χ2v) is 9.39. The van der Waals surface area contributed by atoms with Crippen LogP contribution in [0.1, 0.15) is 39.0 Å². The number of rotatable bonds is 7. The first-order valence-electron chi connectivity index (χ1n) is 10.7. The number of benzene rings is 2. The van der Waals surface area contributed by atoms with E-state index in [1.165, 1.54) is 27.1 Å². The zero-order valence-corrected chi connectivity index (χ0v) is 18.6. The molecule has 1 aliphatic heterocycles. The highest BCUT2D eigenvalue weighted by Crippen LogP contribution is 2.51. The SMILES string of the molecule is Cc1ccsc1CC1=Cc2ccccc2C1C1C(=O)Nc2ccc(OCC(O)CO)cc21. The van der Waals surface area contributed by atoms with Crippen LogP contribution in [0.2, 0.25) is 0 Å². The van der Waals surface area contributed by atoms with Crippen molar-refractivity contribution in [1.29, 1.82) is 0 Å². The molecule has 1 aromatic heterocycles. The molecule has 3 atom stereocenters. The Morgan fingerprint density at radius 3 is 2.75 bits per heavy atom. The van der Waals surface area contributed by atoms with Gasteiger partial charge in [0.25, 0.3) is 0 Å². The van der Waals surface area contributed by atoms with E-state index < -0.39 is 6.10 Å².